The van der Waals surface area contributed by atoms with Crippen molar-refractivity contribution in [1.82, 2.24) is 0 Å². The van der Waals surface area contributed by atoms with Gasteiger partial charge in [0.25, 0.3) is 0 Å². The summed E-state index contributed by atoms with van der Waals surface area (Å²) in [7, 11) is 0. The van der Waals surface area contributed by atoms with Gasteiger partial charge in [-0.05, 0) is 45.8 Å². The van der Waals surface area contributed by atoms with Gasteiger partial charge in [-0.15, -0.1) is 0 Å². The van der Waals surface area contributed by atoms with Crippen molar-refractivity contribution in [1.29, 1.82) is 0 Å². The zero-order valence-electron chi connectivity index (χ0n) is 10.3. The average Bonchev–Trinajstić information content (AvgIpc) is 2.41. The molecule has 0 aliphatic carbocycles. The highest BCUT2D eigenvalue weighted by Gasteiger charge is 2.30. The van der Waals surface area contributed by atoms with E-state index in [2.05, 4.69) is 15.9 Å². The first-order valence-corrected chi connectivity index (χ1v) is 6.49. The number of rotatable bonds is 2. The normalized spacial score (nSPS) is 13.3. The summed E-state index contributed by atoms with van der Waals surface area (Å²) in [5.74, 6) is -1.65. The second kappa shape index (κ2) is 5.73. The van der Waals surface area contributed by atoms with E-state index >= 15 is 0 Å². The van der Waals surface area contributed by atoms with Gasteiger partial charge in [0.05, 0.1) is 10.0 Å². The SMILES string of the molecule is OC(c1ccc(C(F)(F)F)cc1)c1cc(F)c(Br)cc1F. The molecule has 0 saturated heterocycles. The molecule has 0 spiro atoms. The Labute approximate surface area is 125 Å². The Bertz CT molecular complexity index is 652. The molecule has 0 amide bonds. The molecule has 0 radical (unpaired) electrons. The summed E-state index contributed by atoms with van der Waals surface area (Å²) < 4.78 is 64.3. The summed E-state index contributed by atoms with van der Waals surface area (Å²) in [4.78, 5) is 0. The number of benzene rings is 2. The Morgan fingerprint density at radius 3 is 2.05 bits per heavy atom. The van der Waals surface area contributed by atoms with Gasteiger partial charge in [0, 0.05) is 5.56 Å². The molecule has 2 rings (SSSR count). The maximum atomic E-state index is 13.7. The van der Waals surface area contributed by atoms with E-state index in [0.29, 0.717) is 0 Å². The Balaban J connectivity index is 2.36. The molecular weight excluding hydrogens is 359 g/mol. The molecule has 0 heterocycles. The molecule has 7 heteroatoms. The third kappa shape index (κ3) is 3.41. The third-order valence-electron chi connectivity index (χ3n) is 2.89. The van der Waals surface area contributed by atoms with Gasteiger partial charge >= 0.3 is 6.18 Å². The minimum atomic E-state index is -4.50. The fourth-order valence-corrected chi connectivity index (χ4v) is 2.10. The van der Waals surface area contributed by atoms with Crippen molar-refractivity contribution in [2.24, 2.45) is 0 Å². The Kier molecular flexibility index (Phi) is 4.34. The lowest BCUT2D eigenvalue weighted by molar-refractivity contribution is -0.137. The van der Waals surface area contributed by atoms with Gasteiger partial charge in [-0.25, -0.2) is 8.78 Å². The number of aliphatic hydroxyl groups is 1. The second-order valence-corrected chi connectivity index (χ2v) is 5.16. The van der Waals surface area contributed by atoms with Crippen LogP contribution in [0.4, 0.5) is 22.0 Å². The fourth-order valence-electron chi connectivity index (χ4n) is 1.78. The minimum Gasteiger partial charge on any atom is -0.384 e. The van der Waals surface area contributed by atoms with Crippen molar-refractivity contribution >= 4 is 15.9 Å². The monoisotopic (exact) mass is 366 g/mol. The highest BCUT2D eigenvalue weighted by molar-refractivity contribution is 9.10. The highest BCUT2D eigenvalue weighted by Crippen LogP contribution is 2.32. The molecule has 0 fully saturated rings. The van der Waals surface area contributed by atoms with Crippen LogP contribution >= 0.6 is 15.9 Å². The quantitative estimate of drug-likeness (QED) is 0.596. The van der Waals surface area contributed by atoms with Crippen LogP contribution in [0.5, 0.6) is 0 Å². The van der Waals surface area contributed by atoms with Gasteiger partial charge in [-0.1, -0.05) is 12.1 Å². The van der Waals surface area contributed by atoms with E-state index < -0.39 is 29.5 Å². The second-order valence-electron chi connectivity index (χ2n) is 4.31. The van der Waals surface area contributed by atoms with E-state index in [1.54, 1.807) is 0 Å². The van der Waals surface area contributed by atoms with Crippen molar-refractivity contribution in [2.45, 2.75) is 12.3 Å². The van der Waals surface area contributed by atoms with E-state index in [9.17, 15) is 27.1 Å². The van der Waals surface area contributed by atoms with E-state index in [4.69, 9.17) is 0 Å². The number of halogens is 6. The molecule has 0 bridgehead atoms. The maximum absolute atomic E-state index is 13.7. The standard InChI is InChI=1S/C14H8BrF5O/c15-10-6-11(16)9(5-12(10)17)13(21)7-1-3-8(4-2-7)14(18,19)20/h1-6,13,21H. The van der Waals surface area contributed by atoms with Crippen LogP contribution in [0, 0.1) is 11.6 Å². The smallest absolute Gasteiger partial charge is 0.384 e. The first-order valence-electron chi connectivity index (χ1n) is 5.70. The van der Waals surface area contributed by atoms with Gasteiger partial charge in [0.15, 0.2) is 0 Å². The molecule has 0 aliphatic heterocycles. The highest BCUT2D eigenvalue weighted by atomic mass is 79.9. The summed E-state index contributed by atoms with van der Waals surface area (Å²) in [5.41, 5.74) is -1.21. The zero-order chi connectivity index (χ0) is 15.8. The van der Waals surface area contributed by atoms with Crippen LogP contribution in [0.25, 0.3) is 0 Å². The van der Waals surface area contributed by atoms with E-state index in [1.807, 2.05) is 0 Å². The van der Waals surface area contributed by atoms with Gasteiger partial charge < -0.3 is 5.11 Å². The lowest BCUT2D eigenvalue weighted by atomic mass is 9.99. The minimum absolute atomic E-state index is 0.0311. The summed E-state index contributed by atoms with van der Waals surface area (Å²) in [6.07, 6.45) is -6.06. The van der Waals surface area contributed by atoms with Crippen molar-refractivity contribution in [3.8, 4) is 0 Å². The predicted molar refractivity (Wildman–Crippen MR) is 69.6 cm³/mol. The molecule has 112 valence electrons. The lowest BCUT2D eigenvalue weighted by Crippen LogP contribution is -2.07. The number of hydrogen-bond donors (Lipinski definition) is 1. The first-order chi connectivity index (χ1) is 9.70. The Morgan fingerprint density at radius 2 is 1.52 bits per heavy atom. The van der Waals surface area contributed by atoms with E-state index in [0.717, 1.165) is 36.4 Å². The summed E-state index contributed by atoms with van der Waals surface area (Å²) >= 11 is 2.80. The molecule has 1 atom stereocenters. The number of aliphatic hydroxyl groups excluding tert-OH is 1. The molecule has 21 heavy (non-hydrogen) atoms. The van der Waals surface area contributed by atoms with Crippen molar-refractivity contribution < 1.29 is 27.1 Å². The molecule has 1 N–H and O–H groups in total. The fraction of sp³-hybridized carbons (Fsp3) is 0.143. The van der Waals surface area contributed by atoms with Gasteiger partial charge in [-0.2, -0.15) is 13.2 Å². The van der Waals surface area contributed by atoms with Crippen LogP contribution in [0.1, 0.15) is 22.8 Å². The van der Waals surface area contributed by atoms with Crippen molar-refractivity contribution in [3.05, 3.63) is 69.2 Å². The van der Waals surface area contributed by atoms with Crippen LogP contribution in [-0.2, 0) is 6.18 Å². The summed E-state index contributed by atoms with van der Waals surface area (Å²) in [6.45, 7) is 0. The van der Waals surface area contributed by atoms with E-state index in [1.165, 1.54) is 0 Å². The lowest BCUT2D eigenvalue weighted by Gasteiger charge is -2.14. The average molecular weight is 367 g/mol. The first kappa shape index (κ1) is 15.9. The largest absolute Gasteiger partial charge is 0.416 e. The molecule has 0 aromatic heterocycles. The van der Waals surface area contributed by atoms with E-state index in [-0.39, 0.29) is 15.6 Å². The van der Waals surface area contributed by atoms with Crippen LogP contribution in [0.3, 0.4) is 0 Å². The Hall–Kier alpha value is -1.47. The molecule has 2 aromatic rings. The van der Waals surface area contributed by atoms with Crippen LogP contribution in [0.15, 0.2) is 40.9 Å². The number of alkyl halides is 3. The van der Waals surface area contributed by atoms with Crippen molar-refractivity contribution in [2.75, 3.05) is 0 Å². The topological polar surface area (TPSA) is 20.2 Å². The molecule has 2 aromatic carbocycles. The zero-order valence-corrected chi connectivity index (χ0v) is 11.8. The third-order valence-corrected chi connectivity index (χ3v) is 3.50. The van der Waals surface area contributed by atoms with Crippen LogP contribution in [-0.4, -0.2) is 5.11 Å². The van der Waals surface area contributed by atoms with Gasteiger partial charge in [-0.3, -0.25) is 0 Å². The number of hydrogen-bond acceptors (Lipinski definition) is 1. The van der Waals surface area contributed by atoms with Gasteiger partial charge in [0.1, 0.15) is 17.7 Å². The Morgan fingerprint density at radius 1 is 0.952 bits per heavy atom. The van der Waals surface area contributed by atoms with Gasteiger partial charge in [0.2, 0.25) is 0 Å². The molecule has 0 aliphatic rings. The molecule has 1 nitrogen and oxygen atoms in total. The summed E-state index contributed by atoms with van der Waals surface area (Å²) in [6, 6.07) is 5.22. The maximum Gasteiger partial charge on any atom is 0.416 e. The molecule has 1 unspecified atom stereocenters. The summed E-state index contributed by atoms with van der Waals surface area (Å²) in [5, 5.41) is 9.98. The van der Waals surface area contributed by atoms with Crippen LogP contribution in [0.2, 0.25) is 0 Å². The molecule has 0 saturated carbocycles. The predicted octanol–water partition coefficient (Wildman–Crippen LogP) is 4.83. The molecular formula is C14H8BrF5O. The van der Waals surface area contributed by atoms with Crippen molar-refractivity contribution in [3.63, 3.8) is 0 Å². The van der Waals surface area contributed by atoms with Crippen LogP contribution < -0.4 is 0 Å².